The molecule has 7 nitrogen and oxygen atoms in total. The van der Waals surface area contributed by atoms with Crippen LogP contribution in [0.5, 0.6) is 0 Å². The normalized spacial score (nSPS) is 12.4. The highest BCUT2D eigenvalue weighted by Crippen LogP contribution is 2.14. The predicted octanol–water partition coefficient (Wildman–Crippen LogP) is -0.165. The summed E-state index contributed by atoms with van der Waals surface area (Å²) in [6, 6.07) is -0.410. The Bertz CT molecular complexity index is 443. The van der Waals surface area contributed by atoms with Gasteiger partial charge in [0.2, 0.25) is 0 Å². The Morgan fingerprint density at radius 3 is 2.89 bits per heavy atom. The van der Waals surface area contributed by atoms with E-state index in [2.05, 4.69) is 15.5 Å². The largest absolute Gasteiger partial charge is 0.465 e. The third-order valence-corrected chi connectivity index (χ3v) is 3.41. The average molecular weight is 274 g/mol. The van der Waals surface area contributed by atoms with Gasteiger partial charge < -0.3 is 10.1 Å². The smallest absolute Gasteiger partial charge is 0.343 e. The van der Waals surface area contributed by atoms with Crippen LogP contribution in [-0.2, 0) is 16.1 Å². The molecule has 1 aromatic rings. The molecule has 1 rings (SSSR count). The van der Waals surface area contributed by atoms with Gasteiger partial charge in [0.1, 0.15) is 6.04 Å². The van der Waals surface area contributed by atoms with E-state index in [1.54, 1.807) is 14.0 Å². The van der Waals surface area contributed by atoms with Crippen molar-refractivity contribution >= 4 is 17.7 Å². The van der Waals surface area contributed by atoms with Crippen LogP contribution in [0.15, 0.2) is 9.95 Å². The summed E-state index contributed by atoms with van der Waals surface area (Å²) in [7, 11) is 1.69. The molecule has 102 valence electrons. The Kier molecular flexibility index (Phi) is 5.93. The van der Waals surface area contributed by atoms with Crippen LogP contribution in [0, 0.1) is 0 Å². The number of ether oxygens (including phenoxy) is 1. The molecule has 1 aromatic heterocycles. The quantitative estimate of drug-likeness (QED) is 0.530. The van der Waals surface area contributed by atoms with Crippen LogP contribution in [0.1, 0.15) is 13.8 Å². The van der Waals surface area contributed by atoms with E-state index in [4.69, 9.17) is 4.74 Å². The number of rotatable bonds is 7. The fraction of sp³-hybridized carbons (Fsp3) is 0.700. The number of H-pyrrole nitrogens is 1. The van der Waals surface area contributed by atoms with Gasteiger partial charge in [-0.2, -0.15) is 0 Å². The van der Waals surface area contributed by atoms with Crippen molar-refractivity contribution in [2.24, 2.45) is 0 Å². The van der Waals surface area contributed by atoms with Crippen molar-refractivity contribution in [3.8, 4) is 0 Å². The van der Waals surface area contributed by atoms with Crippen LogP contribution in [-0.4, -0.2) is 46.2 Å². The second kappa shape index (κ2) is 7.22. The fourth-order valence-electron chi connectivity index (χ4n) is 1.36. The molecule has 0 aliphatic heterocycles. The third kappa shape index (κ3) is 3.61. The number of hydrogen-bond donors (Lipinski definition) is 2. The van der Waals surface area contributed by atoms with Gasteiger partial charge in [0.25, 0.3) is 0 Å². The third-order valence-electron chi connectivity index (χ3n) is 2.34. The molecule has 8 heteroatoms. The summed E-state index contributed by atoms with van der Waals surface area (Å²) in [5, 5.41) is 9.75. The molecule has 0 radical (unpaired) electrons. The minimum atomic E-state index is -0.410. The summed E-state index contributed by atoms with van der Waals surface area (Å²) in [4.78, 5) is 22.9. The molecule has 18 heavy (non-hydrogen) atoms. The Morgan fingerprint density at radius 2 is 2.33 bits per heavy atom. The highest BCUT2D eigenvalue weighted by molar-refractivity contribution is 7.99. The van der Waals surface area contributed by atoms with E-state index in [-0.39, 0.29) is 11.7 Å². The fourth-order valence-corrected chi connectivity index (χ4v) is 2.46. The first-order valence-electron chi connectivity index (χ1n) is 5.75. The van der Waals surface area contributed by atoms with Crippen molar-refractivity contribution in [2.75, 3.05) is 19.4 Å². The van der Waals surface area contributed by atoms with E-state index < -0.39 is 6.04 Å². The molecule has 0 aromatic carbocycles. The SMILES string of the molecule is CCOC(=O)C(CSc1n[nH]c(=O)n1CC)NC. The number of likely N-dealkylation sites (N-methyl/N-ethyl adjacent to an activating group) is 1. The maximum Gasteiger partial charge on any atom is 0.343 e. The average Bonchev–Trinajstić information content (AvgIpc) is 2.71. The zero-order valence-electron chi connectivity index (χ0n) is 10.7. The first kappa shape index (κ1) is 14.8. The molecule has 0 aliphatic rings. The second-order valence-electron chi connectivity index (χ2n) is 3.46. The monoisotopic (exact) mass is 274 g/mol. The summed E-state index contributed by atoms with van der Waals surface area (Å²) < 4.78 is 6.45. The van der Waals surface area contributed by atoms with Gasteiger partial charge in [0.05, 0.1) is 6.61 Å². The lowest BCUT2D eigenvalue weighted by Crippen LogP contribution is -2.37. The highest BCUT2D eigenvalue weighted by atomic mass is 32.2. The van der Waals surface area contributed by atoms with Crippen molar-refractivity contribution in [1.82, 2.24) is 20.1 Å². The molecule has 0 saturated carbocycles. The van der Waals surface area contributed by atoms with Crippen LogP contribution < -0.4 is 11.0 Å². The Labute approximate surface area is 109 Å². The number of aromatic nitrogens is 3. The van der Waals surface area contributed by atoms with Gasteiger partial charge in [-0.3, -0.25) is 9.36 Å². The Morgan fingerprint density at radius 1 is 1.61 bits per heavy atom. The van der Waals surface area contributed by atoms with Gasteiger partial charge >= 0.3 is 11.7 Å². The summed E-state index contributed by atoms with van der Waals surface area (Å²) in [6.45, 7) is 4.52. The zero-order chi connectivity index (χ0) is 13.5. The summed E-state index contributed by atoms with van der Waals surface area (Å²) in [5.74, 6) is 0.160. The van der Waals surface area contributed by atoms with Crippen LogP contribution in [0.3, 0.4) is 0 Å². The van der Waals surface area contributed by atoms with E-state index in [1.807, 2.05) is 6.92 Å². The van der Waals surface area contributed by atoms with Crippen molar-refractivity contribution in [3.63, 3.8) is 0 Å². The van der Waals surface area contributed by atoms with E-state index >= 15 is 0 Å². The molecule has 1 unspecified atom stereocenters. The molecule has 0 bridgehead atoms. The lowest BCUT2D eigenvalue weighted by atomic mass is 10.3. The maximum absolute atomic E-state index is 11.6. The molecule has 0 spiro atoms. The van der Waals surface area contributed by atoms with Crippen molar-refractivity contribution in [3.05, 3.63) is 10.5 Å². The molecule has 0 saturated heterocycles. The lowest BCUT2D eigenvalue weighted by Gasteiger charge is -2.13. The number of esters is 1. The Hall–Kier alpha value is -1.28. The number of carbonyl (C=O) groups is 1. The van der Waals surface area contributed by atoms with Crippen LogP contribution in [0.25, 0.3) is 0 Å². The van der Waals surface area contributed by atoms with Gasteiger partial charge in [0, 0.05) is 12.3 Å². The summed E-state index contributed by atoms with van der Waals surface area (Å²) in [5.41, 5.74) is -0.239. The first-order chi connectivity index (χ1) is 8.63. The van der Waals surface area contributed by atoms with E-state index in [0.29, 0.717) is 24.1 Å². The number of carbonyl (C=O) groups excluding carboxylic acids is 1. The predicted molar refractivity (Wildman–Crippen MR) is 68.7 cm³/mol. The Balaban J connectivity index is 2.62. The summed E-state index contributed by atoms with van der Waals surface area (Å²) >= 11 is 1.34. The van der Waals surface area contributed by atoms with E-state index in [9.17, 15) is 9.59 Å². The van der Waals surface area contributed by atoms with Gasteiger partial charge in [-0.25, -0.2) is 9.89 Å². The highest BCUT2D eigenvalue weighted by Gasteiger charge is 2.19. The number of nitrogens with zero attached hydrogens (tertiary/aromatic N) is 2. The van der Waals surface area contributed by atoms with Crippen molar-refractivity contribution < 1.29 is 9.53 Å². The van der Waals surface area contributed by atoms with Gasteiger partial charge in [-0.15, -0.1) is 5.10 Å². The van der Waals surface area contributed by atoms with Crippen LogP contribution in [0.4, 0.5) is 0 Å². The van der Waals surface area contributed by atoms with Gasteiger partial charge in [0.15, 0.2) is 5.16 Å². The standard InChI is InChI=1S/C10H18N4O3S/c1-4-14-9(16)12-13-10(14)18-6-7(11-3)8(15)17-5-2/h7,11H,4-6H2,1-3H3,(H,12,16). The number of aromatic amines is 1. The molecule has 2 N–H and O–H groups in total. The van der Waals surface area contributed by atoms with Crippen LogP contribution in [0.2, 0.25) is 0 Å². The van der Waals surface area contributed by atoms with E-state index in [1.165, 1.54) is 16.3 Å². The lowest BCUT2D eigenvalue weighted by molar-refractivity contribution is -0.144. The number of hydrogen-bond acceptors (Lipinski definition) is 6. The van der Waals surface area contributed by atoms with Gasteiger partial charge in [-0.05, 0) is 20.9 Å². The second-order valence-corrected chi connectivity index (χ2v) is 4.45. The maximum atomic E-state index is 11.6. The summed E-state index contributed by atoms with van der Waals surface area (Å²) in [6.07, 6.45) is 0. The topological polar surface area (TPSA) is 89.0 Å². The van der Waals surface area contributed by atoms with Crippen LogP contribution >= 0.6 is 11.8 Å². The molecule has 0 amide bonds. The minimum Gasteiger partial charge on any atom is -0.465 e. The molecule has 1 atom stereocenters. The van der Waals surface area contributed by atoms with Crippen molar-refractivity contribution in [1.29, 1.82) is 0 Å². The van der Waals surface area contributed by atoms with Gasteiger partial charge in [-0.1, -0.05) is 11.8 Å². The molecule has 0 fully saturated rings. The van der Waals surface area contributed by atoms with Crippen molar-refractivity contribution in [2.45, 2.75) is 31.6 Å². The molecule has 1 heterocycles. The number of nitrogens with one attached hydrogen (secondary N) is 2. The zero-order valence-corrected chi connectivity index (χ0v) is 11.5. The van der Waals surface area contributed by atoms with E-state index in [0.717, 1.165) is 0 Å². The minimum absolute atomic E-state index is 0.239. The number of thioether (sulfide) groups is 1. The molecular formula is C10H18N4O3S. The first-order valence-corrected chi connectivity index (χ1v) is 6.74. The molecular weight excluding hydrogens is 256 g/mol. The molecule has 0 aliphatic carbocycles.